The molecule has 0 fully saturated rings. The number of fused-ring (bicyclic) bond motifs is 1. The fourth-order valence-electron chi connectivity index (χ4n) is 2.76. The molecule has 4 aromatic rings. The normalized spacial score (nSPS) is 10.8. The van der Waals surface area contributed by atoms with Gasteiger partial charge in [0.15, 0.2) is 16.8 Å². The summed E-state index contributed by atoms with van der Waals surface area (Å²) in [5, 5.41) is 6.12. The molecule has 0 aliphatic heterocycles. The lowest BCUT2D eigenvalue weighted by Crippen LogP contribution is -2.18. The number of anilines is 1. The minimum Gasteiger partial charge on any atom is -0.457 e. The molecular weight excluding hydrogens is 410 g/mol. The molecule has 4 rings (SSSR count). The number of benzene rings is 2. The second kappa shape index (κ2) is 8.42. The van der Waals surface area contributed by atoms with Crippen LogP contribution in [0.1, 0.15) is 16.1 Å². The van der Waals surface area contributed by atoms with Gasteiger partial charge in [-0.25, -0.2) is 13.8 Å². The van der Waals surface area contributed by atoms with Crippen molar-refractivity contribution in [3.8, 4) is 11.5 Å². The van der Waals surface area contributed by atoms with Gasteiger partial charge in [-0.3, -0.25) is 9.78 Å². The summed E-state index contributed by atoms with van der Waals surface area (Å²) in [4.78, 5) is 20.2. The third kappa shape index (κ3) is 4.20. The Morgan fingerprint density at radius 3 is 2.80 bits per heavy atom. The fourth-order valence-corrected chi connectivity index (χ4v) is 3.65. The number of nitrogens with one attached hydrogen (secondary N) is 2. The molecule has 9 heteroatoms. The van der Waals surface area contributed by atoms with Gasteiger partial charge in [-0.05, 0) is 24.3 Å². The van der Waals surface area contributed by atoms with Gasteiger partial charge in [-0.15, -0.1) is 0 Å². The second-order valence-corrected chi connectivity index (χ2v) is 7.30. The molecule has 2 N–H and O–H groups in total. The van der Waals surface area contributed by atoms with Gasteiger partial charge in [0.05, 0.1) is 10.2 Å². The molecule has 0 radical (unpaired) electrons. The Morgan fingerprint density at radius 2 is 1.97 bits per heavy atom. The monoisotopic (exact) mass is 426 g/mol. The average Bonchev–Trinajstić information content (AvgIpc) is 3.16. The van der Waals surface area contributed by atoms with Crippen LogP contribution in [0, 0.1) is 11.6 Å². The van der Waals surface area contributed by atoms with Crippen molar-refractivity contribution in [2.24, 2.45) is 0 Å². The summed E-state index contributed by atoms with van der Waals surface area (Å²) < 4.78 is 33.8. The van der Waals surface area contributed by atoms with Crippen LogP contribution in [0.3, 0.4) is 0 Å². The smallest absolute Gasteiger partial charge is 0.269 e. The zero-order valence-corrected chi connectivity index (χ0v) is 16.6. The highest BCUT2D eigenvalue weighted by Gasteiger charge is 2.11. The van der Waals surface area contributed by atoms with Gasteiger partial charge >= 0.3 is 0 Å². The van der Waals surface area contributed by atoms with Crippen molar-refractivity contribution in [1.82, 2.24) is 15.3 Å². The number of hydrogen-bond donors (Lipinski definition) is 2. The highest BCUT2D eigenvalue weighted by Crippen LogP contribution is 2.31. The molecule has 0 aliphatic rings. The zero-order chi connectivity index (χ0) is 21.1. The Hall–Kier alpha value is -3.59. The first-order chi connectivity index (χ1) is 14.5. The number of pyridine rings is 1. The van der Waals surface area contributed by atoms with E-state index in [2.05, 4.69) is 20.6 Å². The Balaban J connectivity index is 1.50. The van der Waals surface area contributed by atoms with Crippen LogP contribution in [0.25, 0.3) is 10.2 Å². The number of carbonyl (C=O) groups excluding carboxylic acids is 1. The minimum absolute atomic E-state index is 0.117. The van der Waals surface area contributed by atoms with E-state index in [1.54, 1.807) is 24.3 Å². The lowest BCUT2D eigenvalue weighted by Gasteiger charge is -2.06. The molecule has 2 aromatic carbocycles. The lowest BCUT2D eigenvalue weighted by atomic mass is 10.2. The number of carbonyl (C=O) groups is 1. The molecule has 0 unspecified atom stereocenters. The van der Waals surface area contributed by atoms with E-state index in [0.717, 1.165) is 16.3 Å². The van der Waals surface area contributed by atoms with E-state index >= 15 is 0 Å². The van der Waals surface area contributed by atoms with E-state index < -0.39 is 11.6 Å². The van der Waals surface area contributed by atoms with E-state index in [9.17, 15) is 13.6 Å². The van der Waals surface area contributed by atoms with Crippen LogP contribution >= 0.6 is 11.3 Å². The Bertz CT molecular complexity index is 1230. The highest BCUT2D eigenvalue weighted by atomic mass is 32.1. The van der Waals surface area contributed by atoms with Gasteiger partial charge in [0.2, 0.25) is 0 Å². The lowest BCUT2D eigenvalue weighted by molar-refractivity contribution is 0.0958. The number of thiazole rings is 1. The molecule has 30 heavy (non-hydrogen) atoms. The third-order valence-corrected chi connectivity index (χ3v) is 5.22. The predicted octanol–water partition coefficient (Wildman–Crippen LogP) is 4.73. The predicted molar refractivity (Wildman–Crippen MR) is 111 cm³/mol. The number of halogens is 2. The summed E-state index contributed by atoms with van der Waals surface area (Å²) in [6.07, 6.45) is 1.50. The highest BCUT2D eigenvalue weighted by molar-refractivity contribution is 7.22. The van der Waals surface area contributed by atoms with Crippen LogP contribution in [-0.4, -0.2) is 22.9 Å². The molecule has 6 nitrogen and oxygen atoms in total. The van der Waals surface area contributed by atoms with Crippen LogP contribution in [0.5, 0.6) is 11.5 Å². The van der Waals surface area contributed by atoms with Crippen LogP contribution in [0.2, 0.25) is 0 Å². The van der Waals surface area contributed by atoms with Crippen molar-refractivity contribution in [3.63, 3.8) is 0 Å². The van der Waals surface area contributed by atoms with E-state index in [1.807, 2.05) is 6.07 Å². The van der Waals surface area contributed by atoms with Crippen LogP contribution in [-0.2, 0) is 6.54 Å². The Labute approximate surface area is 174 Å². The van der Waals surface area contributed by atoms with Crippen molar-refractivity contribution in [2.75, 3.05) is 12.4 Å². The number of rotatable bonds is 6. The molecule has 0 atom stereocenters. The first kappa shape index (κ1) is 19.7. The van der Waals surface area contributed by atoms with Crippen molar-refractivity contribution < 1.29 is 18.3 Å². The number of amides is 1. The Morgan fingerprint density at radius 1 is 1.13 bits per heavy atom. The molecule has 0 spiro atoms. The fraction of sp³-hybridized carbons (Fsp3) is 0.0952. The van der Waals surface area contributed by atoms with E-state index in [-0.39, 0.29) is 23.7 Å². The van der Waals surface area contributed by atoms with E-state index in [1.165, 1.54) is 36.7 Å². The molecule has 1 amide bonds. The topological polar surface area (TPSA) is 76.1 Å². The standard InChI is InChI=1S/C21H16F2N4O2S/c1-24-20(28)17-9-14(7-8-25-17)29-13-5-6-16-18(10-13)30-21(27-16)26-11-12-3-2-4-15(22)19(12)23/h2-10H,11H2,1H3,(H,24,28)(H,26,27). The molecule has 152 valence electrons. The second-order valence-electron chi connectivity index (χ2n) is 6.27. The number of nitrogens with zero attached hydrogens (tertiary/aromatic N) is 2. The summed E-state index contributed by atoms with van der Waals surface area (Å²) in [6.45, 7) is 0.117. The molecule has 0 bridgehead atoms. The maximum absolute atomic E-state index is 13.8. The third-order valence-electron chi connectivity index (χ3n) is 4.25. The minimum atomic E-state index is -0.879. The average molecular weight is 426 g/mol. The van der Waals surface area contributed by atoms with Crippen molar-refractivity contribution in [2.45, 2.75) is 6.54 Å². The van der Waals surface area contributed by atoms with Gasteiger partial charge in [0.25, 0.3) is 5.91 Å². The maximum atomic E-state index is 13.8. The van der Waals surface area contributed by atoms with Crippen molar-refractivity contribution >= 4 is 32.6 Å². The van der Waals surface area contributed by atoms with Crippen LogP contribution in [0.15, 0.2) is 54.7 Å². The molecule has 0 saturated carbocycles. The molecule has 0 aliphatic carbocycles. The van der Waals surface area contributed by atoms with Crippen LogP contribution in [0.4, 0.5) is 13.9 Å². The quantitative estimate of drug-likeness (QED) is 0.466. The van der Waals surface area contributed by atoms with Crippen molar-refractivity contribution in [3.05, 3.63) is 77.6 Å². The number of aromatic nitrogens is 2. The SMILES string of the molecule is CNC(=O)c1cc(Oc2ccc3nc(NCc4cccc(F)c4F)sc3c2)ccn1. The van der Waals surface area contributed by atoms with Crippen LogP contribution < -0.4 is 15.4 Å². The molecule has 0 saturated heterocycles. The van der Waals surface area contributed by atoms with Gasteiger partial charge < -0.3 is 15.4 Å². The van der Waals surface area contributed by atoms with Gasteiger partial charge in [0, 0.05) is 37.5 Å². The van der Waals surface area contributed by atoms with E-state index in [4.69, 9.17) is 4.74 Å². The molecule has 2 aromatic heterocycles. The summed E-state index contributed by atoms with van der Waals surface area (Å²) in [5.74, 6) is -0.995. The molecular formula is C21H16F2N4O2S. The van der Waals surface area contributed by atoms with Gasteiger partial charge in [-0.2, -0.15) is 0 Å². The number of hydrogen-bond acceptors (Lipinski definition) is 6. The summed E-state index contributed by atoms with van der Waals surface area (Å²) in [6, 6.07) is 12.7. The van der Waals surface area contributed by atoms with Crippen molar-refractivity contribution in [1.29, 1.82) is 0 Å². The van der Waals surface area contributed by atoms with E-state index in [0.29, 0.717) is 16.6 Å². The Kier molecular flexibility index (Phi) is 5.53. The summed E-state index contributed by atoms with van der Waals surface area (Å²) in [7, 11) is 1.53. The zero-order valence-electron chi connectivity index (χ0n) is 15.8. The molecule has 2 heterocycles. The van der Waals surface area contributed by atoms with Gasteiger partial charge in [-0.1, -0.05) is 23.5 Å². The first-order valence-electron chi connectivity index (χ1n) is 8.97. The summed E-state index contributed by atoms with van der Waals surface area (Å²) >= 11 is 1.37. The maximum Gasteiger partial charge on any atom is 0.269 e. The summed E-state index contributed by atoms with van der Waals surface area (Å²) in [5.41, 5.74) is 1.23. The number of ether oxygens (including phenoxy) is 1. The first-order valence-corrected chi connectivity index (χ1v) is 9.78. The van der Waals surface area contributed by atoms with Gasteiger partial charge in [0.1, 0.15) is 17.2 Å². The largest absolute Gasteiger partial charge is 0.457 e.